The molecular weight excluding hydrogens is 114 g/mol. The van der Waals surface area contributed by atoms with Crippen LogP contribution in [0.25, 0.3) is 0 Å². The van der Waals surface area contributed by atoms with Crippen LogP contribution in [0.4, 0.5) is 0 Å². The van der Waals surface area contributed by atoms with Gasteiger partial charge in [0.2, 0.25) is 0 Å². The van der Waals surface area contributed by atoms with Gasteiger partial charge in [-0.05, 0) is 32.7 Å². The van der Waals surface area contributed by atoms with Gasteiger partial charge in [-0.1, -0.05) is 0 Å². The maximum Gasteiger partial charge on any atom is 0.146 e. The average molecular weight is 127 g/mol. The van der Waals surface area contributed by atoms with Crippen LogP contribution in [0.5, 0.6) is 0 Å². The zero-order valence-corrected chi connectivity index (χ0v) is 5.98. The molecule has 0 aliphatic heterocycles. The summed E-state index contributed by atoms with van der Waals surface area (Å²) in [6, 6.07) is 0.144. The summed E-state index contributed by atoms with van der Waals surface area (Å²) in [6.07, 6.45) is 2.45. The summed E-state index contributed by atoms with van der Waals surface area (Å²) in [5, 5.41) is 3.01. The summed E-state index contributed by atoms with van der Waals surface area (Å²) in [4.78, 5) is 10.8. The standard InChI is InChI=1S/C7H13NO/c1-5(9)7(8-2)6-3-4-6/h6-8H,3-4H2,1-2H3. The third-order valence-corrected chi connectivity index (χ3v) is 1.84. The third-order valence-electron chi connectivity index (χ3n) is 1.84. The lowest BCUT2D eigenvalue weighted by molar-refractivity contribution is -0.119. The molecule has 1 fully saturated rings. The molecule has 9 heavy (non-hydrogen) atoms. The maximum absolute atomic E-state index is 10.8. The number of carbonyl (C=O) groups is 1. The highest BCUT2D eigenvalue weighted by atomic mass is 16.1. The second-order valence-corrected chi connectivity index (χ2v) is 2.71. The summed E-state index contributed by atoms with van der Waals surface area (Å²) in [6.45, 7) is 1.65. The first kappa shape index (κ1) is 6.75. The summed E-state index contributed by atoms with van der Waals surface area (Å²) < 4.78 is 0. The fourth-order valence-electron chi connectivity index (χ4n) is 1.20. The van der Waals surface area contributed by atoms with E-state index in [1.165, 1.54) is 12.8 Å². The highest BCUT2D eigenvalue weighted by molar-refractivity contribution is 5.82. The van der Waals surface area contributed by atoms with E-state index in [9.17, 15) is 4.79 Å². The second kappa shape index (κ2) is 2.48. The Morgan fingerprint density at radius 1 is 1.67 bits per heavy atom. The molecule has 0 radical (unpaired) electrons. The van der Waals surface area contributed by atoms with E-state index < -0.39 is 0 Å². The summed E-state index contributed by atoms with van der Waals surface area (Å²) in [5.74, 6) is 0.924. The Hall–Kier alpha value is -0.370. The molecule has 1 atom stereocenters. The number of ketones is 1. The fourth-order valence-corrected chi connectivity index (χ4v) is 1.20. The van der Waals surface area contributed by atoms with Gasteiger partial charge >= 0.3 is 0 Å². The van der Waals surface area contributed by atoms with Gasteiger partial charge in [-0.25, -0.2) is 0 Å². The van der Waals surface area contributed by atoms with Gasteiger partial charge in [-0.3, -0.25) is 4.79 Å². The van der Waals surface area contributed by atoms with Crippen LogP contribution in [-0.2, 0) is 4.79 Å². The van der Waals surface area contributed by atoms with Crippen molar-refractivity contribution in [3.8, 4) is 0 Å². The van der Waals surface area contributed by atoms with Crippen LogP contribution in [0.2, 0.25) is 0 Å². The van der Waals surface area contributed by atoms with Crippen molar-refractivity contribution < 1.29 is 4.79 Å². The molecule has 2 heteroatoms. The van der Waals surface area contributed by atoms with Crippen LogP contribution in [0.15, 0.2) is 0 Å². The van der Waals surface area contributed by atoms with Gasteiger partial charge in [-0.15, -0.1) is 0 Å². The Bertz CT molecular complexity index is 118. The molecule has 2 nitrogen and oxygen atoms in total. The molecule has 1 N–H and O–H groups in total. The van der Waals surface area contributed by atoms with Crippen molar-refractivity contribution in [1.29, 1.82) is 0 Å². The topological polar surface area (TPSA) is 29.1 Å². The molecule has 0 aromatic rings. The van der Waals surface area contributed by atoms with Gasteiger partial charge in [0, 0.05) is 0 Å². The van der Waals surface area contributed by atoms with Gasteiger partial charge < -0.3 is 5.32 Å². The number of rotatable bonds is 3. The molecule has 0 aromatic heterocycles. The number of likely N-dealkylation sites (N-methyl/N-ethyl adjacent to an activating group) is 1. The number of hydrogen-bond donors (Lipinski definition) is 1. The van der Waals surface area contributed by atoms with Crippen molar-refractivity contribution in [2.75, 3.05) is 7.05 Å². The highest BCUT2D eigenvalue weighted by Crippen LogP contribution is 2.32. The van der Waals surface area contributed by atoms with E-state index in [0.29, 0.717) is 5.92 Å². The molecule has 1 aliphatic rings. The molecule has 1 rings (SSSR count). The minimum atomic E-state index is 0.144. The molecule has 0 aromatic carbocycles. The smallest absolute Gasteiger partial charge is 0.146 e. The van der Waals surface area contributed by atoms with E-state index in [2.05, 4.69) is 5.32 Å². The molecule has 52 valence electrons. The van der Waals surface area contributed by atoms with Crippen molar-refractivity contribution in [2.24, 2.45) is 5.92 Å². The number of Topliss-reactive ketones (excluding diaryl/α,β-unsaturated/α-hetero) is 1. The van der Waals surface area contributed by atoms with Crippen molar-refractivity contribution in [1.82, 2.24) is 5.32 Å². The van der Waals surface area contributed by atoms with Gasteiger partial charge in [-0.2, -0.15) is 0 Å². The lowest BCUT2D eigenvalue weighted by Gasteiger charge is -2.09. The predicted molar refractivity (Wildman–Crippen MR) is 36.3 cm³/mol. The van der Waals surface area contributed by atoms with Crippen molar-refractivity contribution in [3.05, 3.63) is 0 Å². The van der Waals surface area contributed by atoms with Crippen molar-refractivity contribution in [2.45, 2.75) is 25.8 Å². The van der Waals surface area contributed by atoms with Gasteiger partial charge in [0.1, 0.15) is 5.78 Å². The molecule has 1 unspecified atom stereocenters. The van der Waals surface area contributed by atoms with Crippen molar-refractivity contribution in [3.63, 3.8) is 0 Å². The molecular formula is C7H13NO. The average Bonchev–Trinajstić information content (AvgIpc) is 2.50. The van der Waals surface area contributed by atoms with Crippen LogP contribution in [-0.4, -0.2) is 18.9 Å². The summed E-state index contributed by atoms with van der Waals surface area (Å²) in [5.41, 5.74) is 0. The molecule has 0 spiro atoms. The maximum atomic E-state index is 10.8. The Morgan fingerprint density at radius 2 is 2.22 bits per heavy atom. The Kier molecular flexibility index (Phi) is 1.86. The Morgan fingerprint density at radius 3 is 2.33 bits per heavy atom. The fraction of sp³-hybridized carbons (Fsp3) is 0.857. The monoisotopic (exact) mass is 127 g/mol. The van der Waals surface area contributed by atoms with Gasteiger partial charge in [0.05, 0.1) is 6.04 Å². The zero-order valence-electron chi connectivity index (χ0n) is 5.98. The van der Waals surface area contributed by atoms with Crippen LogP contribution < -0.4 is 5.32 Å². The summed E-state index contributed by atoms with van der Waals surface area (Å²) in [7, 11) is 1.85. The van der Waals surface area contributed by atoms with E-state index in [1.807, 2.05) is 7.05 Å². The van der Waals surface area contributed by atoms with Crippen LogP contribution >= 0.6 is 0 Å². The van der Waals surface area contributed by atoms with E-state index in [1.54, 1.807) is 6.92 Å². The predicted octanol–water partition coefficient (Wildman–Crippen LogP) is 0.573. The molecule has 1 saturated carbocycles. The van der Waals surface area contributed by atoms with Crippen LogP contribution in [0.3, 0.4) is 0 Å². The number of hydrogen-bond acceptors (Lipinski definition) is 2. The molecule has 0 heterocycles. The first-order valence-electron chi connectivity index (χ1n) is 3.43. The minimum absolute atomic E-state index is 0.144. The minimum Gasteiger partial charge on any atom is -0.310 e. The van der Waals surface area contributed by atoms with Gasteiger partial charge in [0.15, 0.2) is 0 Å². The third kappa shape index (κ3) is 1.52. The number of nitrogens with one attached hydrogen (secondary N) is 1. The lowest BCUT2D eigenvalue weighted by Crippen LogP contribution is -2.34. The molecule has 0 bridgehead atoms. The molecule has 0 saturated heterocycles. The first-order valence-corrected chi connectivity index (χ1v) is 3.43. The second-order valence-electron chi connectivity index (χ2n) is 2.71. The SMILES string of the molecule is CNC(C(C)=O)C1CC1. The molecule has 0 amide bonds. The first-order chi connectivity index (χ1) is 4.25. The van der Waals surface area contributed by atoms with E-state index >= 15 is 0 Å². The quantitative estimate of drug-likeness (QED) is 0.600. The van der Waals surface area contributed by atoms with E-state index in [0.717, 1.165) is 0 Å². The Balaban J connectivity index is 2.37. The van der Waals surface area contributed by atoms with E-state index in [-0.39, 0.29) is 11.8 Å². The van der Waals surface area contributed by atoms with Gasteiger partial charge in [0.25, 0.3) is 0 Å². The normalized spacial score (nSPS) is 21.6. The zero-order chi connectivity index (χ0) is 6.85. The Labute approximate surface area is 55.6 Å². The lowest BCUT2D eigenvalue weighted by atomic mass is 10.1. The summed E-state index contributed by atoms with van der Waals surface area (Å²) >= 11 is 0. The van der Waals surface area contributed by atoms with Crippen molar-refractivity contribution >= 4 is 5.78 Å². The highest BCUT2D eigenvalue weighted by Gasteiger charge is 2.32. The van der Waals surface area contributed by atoms with Crippen LogP contribution in [0, 0.1) is 5.92 Å². The van der Waals surface area contributed by atoms with Crippen LogP contribution in [0.1, 0.15) is 19.8 Å². The molecule has 1 aliphatic carbocycles. The largest absolute Gasteiger partial charge is 0.310 e. The van der Waals surface area contributed by atoms with E-state index in [4.69, 9.17) is 0 Å². The number of carbonyl (C=O) groups excluding carboxylic acids is 1.